The summed E-state index contributed by atoms with van der Waals surface area (Å²) in [6.07, 6.45) is 75.0. The van der Waals surface area contributed by atoms with Crippen LogP contribution in [0.25, 0.3) is 0 Å². The molecule has 0 saturated heterocycles. The second kappa shape index (κ2) is 54.0. The minimum atomic E-state index is 0.0157. The number of hydrogen-bond acceptors (Lipinski definition) is 2. The molecule has 0 atom stereocenters. The van der Waals surface area contributed by atoms with Crippen molar-refractivity contribution in [1.82, 2.24) is 0 Å². The lowest BCUT2D eigenvalue weighted by atomic mass is 10.0. The van der Waals surface area contributed by atoms with E-state index < -0.39 is 0 Å². The summed E-state index contributed by atoms with van der Waals surface area (Å²) in [6.45, 7) is 5.19. The SMILES string of the molecule is CCCCC/C=C\C/C=C\CCCCCCCC(=O)OCCCCCCCCCCCCCCCCCCCCCCCCCCCCCCCCCCCCCC. The summed E-state index contributed by atoms with van der Waals surface area (Å²) in [6, 6.07) is 0. The largest absolute Gasteiger partial charge is 0.466 e. The molecule has 0 aromatic rings. The summed E-state index contributed by atoms with van der Waals surface area (Å²) >= 11 is 0. The van der Waals surface area contributed by atoms with Gasteiger partial charge >= 0.3 is 5.97 Å². The number of unbranched alkanes of at least 4 members (excludes halogenated alkanes) is 43. The van der Waals surface area contributed by atoms with Crippen molar-refractivity contribution in [3.05, 3.63) is 24.3 Å². The van der Waals surface area contributed by atoms with Gasteiger partial charge in [0.15, 0.2) is 0 Å². The first-order chi connectivity index (χ1) is 28.8. The number of carbonyl (C=O) groups excluding carboxylic acids is 1. The van der Waals surface area contributed by atoms with E-state index in [2.05, 4.69) is 38.2 Å². The van der Waals surface area contributed by atoms with Crippen molar-refractivity contribution in [2.24, 2.45) is 0 Å². The monoisotopic (exact) mass is 813 g/mol. The van der Waals surface area contributed by atoms with E-state index in [-0.39, 0.29) is 5.97 Å². The Kier molecular flexibility index (Phi) is 53.0. The van der Waals surface area contributed by atoms with Crippen LogP contribution in [0.5, 0.6) is 0 Å². The van der Waals surface area contributed by atoms with E-state index in [1.54, 1.807) is 0 Å². The van der Waals surface area contributed by atoms with Gasteiger partial charge in [-0.1, -0.05) is 295 Å². The van der Waals surface area contributed by atoms with Crippen LogP contribution in [0.3, 0.4) is 0 Å². The van der Waals surface area contributed by atoms with E-state index in [0.717, 1.165) is 25.7 Å². The van der Waals surface area contributed by atoms with E-state index in [1.165, 1.54) is 276 Å². The number of ether oxygens (including phenoxy) is 1. The summed E-state index contributed by atoms with van der Waals surface area (Å²) in [5.41, 5.74) is 0. The van der Waals surface area contributed by atoms with E-state index >= 15 is 0 Å². The van der Waals surface area contributed by atoms with E-state index in [0.29, 0.717) is 13.0 Å². The molecule has 2 nitrogen and oxygen atoms in total. The highest BCUT2D eigenvalue weighted by Crippen LogP contribution is 2.18. The van der Waals surface area contributed by atoms with Gasteiger partial charge in [0, 0.05) is 6.42 Å². The van der Waals surface area contributed by atoms with Crippen LogP contribution < -0.4 is 0 Å². The lowest BCUT2D eigenvalue weighted by Crippen LogP contribution is -2.05. The van der Waals surface area contributed by atoms with E-state index in [1.807, 2.05) is 0 Å². The summed E-state index contributed by atoms with van der Waals surface area (Å²) in [7, 11) is 0. The topological polar surface area (TPSA) is 26.3 Å². The zero-order chi connectivity index (χ0) is 41.8. The van der Waals surface area contributed by atoms with Gasteiger partial charge < -0.3 is 4.74 Å². The van der Waals surface area contributed by atoms with Crippen LogP contribution in [0.1, 0.15) is 322 Å². The highest BCUT2D eigenvalue weighted by atomic mass is 16.5. The number of carbonyl (C=O) groups is 1. The normalized spacial score (nSPS) is 11.8. The first-order valence-corrected chi connectivity index (χ1v) is 27.3. The molecule has 2 heteroatoms. The summed E-state index contributed by atoms with van der Waals surface area (Å²) in [5.74, 6) is 0.0157. The Balaban J connectivity index is 3.15. The molecule has 0 amide bonds. The number of esters is 1. The van der Waals surface area contributed by atoms with Crippen LogP contribution in [0.4, 0.5) is 0 Å². The maximum absolute atomic E-state index is 12.0. The third-order valence-electron chi connectivity index (χ3n) is 12.6. The van der Waals surface area contributed by atoms with Crippen molar-refractivity contribution in [1.29, 1.82) is 0 Å². The molecule has 0 fully saturated rings. The van der Waals surface area contributed by atoms with Gasteiger partial charge in [-0.25, -0.2) is 0 Å². The fourth-order valence-electron chi connectivity index (χ4n) is 8.52. The molecule has 0 rings (SSSR count). The molecule has 0 aromatic carbocycles. The van der Waals surface area contributed by atoms with Gasteiger partial charge in [0.1, 0.15) is 0 Å². The maximum Gasteiger partial charge on any atom is 0.305 e. The van der Waals surface area contributed by atoms with Crippen molar-refractivity contribution < 1.29 is 9.53 Å². The highest BCUT2D eigenvalue weighted by Gasteiger charge is 2.03. The Labute approximate surface area is 367 Å². The lowest BCUT2D eigenvalue weighted by molar-refractivity contribution is -0.143. The molecular weight excluding hydrogens is 705 g/mol. The van der Waals surface area contributed by atoms with Crippen LogP contribution in [-0.4, -0.2) is 12.6 Å². The molecule has 0 bridgehead atoms. The smallest absolute Gasteiger partial charge is 0.305 e. The predicted octanol–water partition coefficient (Wildman–Crippen LogP) is 20.4. The van der Waals surface area contributed by atoms with Gasteiger partial charge in [0.05, 0.1) is 6.61 Å². The minimum absolute atomic E-state index is 0.0157. The Bertz CT molecular complexity index is 798. The molecule has 0 aliphatic heterocycles. The molecule has 0 spiro atoms. The average Bonchev–Trinajstić information content (AvgIpc) is 3.23. The van der Waals surface area contributed by atoms with Crippen molar-refractivity contribution in [2.75, 3.05) is 6.61 Å². The quantitative estimate of drug-likeness (QED) is 0.0347. The fourth-order valence-corrected chi connectivity index (χ4v) is 8.52. The minimum Gasteiger partial charge on any atom is -0.466 e. The molecule has 58 heavy (non-hydrogen) atoms. The molecule has 0 aliphatic rings. The highest BCUT2D eigenvalue weighted by molar-refractivity contribution is 5.69. The lowest BCUT2D eigenvalue weighted by Gasteiger charge is -2.06. The van der Waals surface area contributed by atoms with Crippen LogP contribution >= 0.6 is 0 Å². The van der Waals surface area contributed by atoms with Gasteiger partial charge in [-0.2, -0.15) is 0 Å². The average molecular weight is 813 g/mol. The van der Waals surface area contributed by atoms with Crippen LogP contribution in [0, 0.1) is 0 Å². The number of hydrogen-bond donors (Lipinski definition) is 0. The molecular formula is C56H108O2. The first-order valence-electron chi connectivity index (χ1n) is 27.3. The third kappa shape index (κ3) is 53.0. The van der Waals surface area contributed by atoms with Crippen molar-refractivity contribution in [3.8, 4) is 0 Å². The van der Waals surface area contributed by atoms with Gasteiger partial charge in [0.2, 0.25) is 0 Å². The van der Waals surface area contributed by atoms with E-state index in [9.17, 15) is 4.79 Å². The number of rotatable bonds is 51. The molecule has 344 valence electrons. The third-order valence-corrected chi connectivity index (χ3v) is 12.6. The van der Waals surface area contributed by atoms with Gasteiger partial charge in [-0.15, -0.1) is 0 Å². The standard InChI is InChI=1S/C56H108O2/c1-3-5-7-9-11-13-15-17-19-20-21-22-23-24-25-26-27-28-29-30-31-32-33-34-35-36-37-38-39-41-43-45-47-49-51-53-55-58-56(57)54-52-50-48-46-44-42-40-18-16-14-12-10-8-6-4-2/h12,14,18,40H,3-11,13,15-17,19-39,41-55H2,1-2H3/b14-12-,40-18-. The van der Waals surface area contributed by atoms with Crippen molar-refractivity contribution in [3.63, 3.8) is 0 Å². The molecule has 0 aromatic heterocycles. The molecule has 0 saturated carbocycles. The second-order valence-electron chi connectivity index (χ2n) is 18.6. The molecule has 0 radical (unpaired) electrons. The Morgan fingerprint density at radius 3 is 0.862 bits per heavy atom. The number of allylic oxidation sites excluding steroid dienone is 4. The maximum atomic E-state index is 12.0. The van der Waals surface area contributed by atoms with Gasteiger partial charge in [-0.3, -0.25) is 4.79 Å². The Morgan fingerprint density at radius 1 is 0.293 bits per heavy atom. The summed E-state index contributed by atoms with van der Waals surface area (Å²) in [5, 5.41) is 0. The van der Waals surface area contributed by atoms with Crippen LogP contribution in [0.15, 0.2) is 24.3 Å². The van der Waals surface area contributed by atoms with Crippen LogP contribution in [-0.2, 0) is 9.53 Å². The predicted molar refractivity (Wildman–Crippen MR) is 262 cm³/mol. The summed E-state index contributed by atoms with van der Waals surface area (Å²) in [4.78, 5) is 12.0. The van der Waals surface area contributed by atoms with E-state index in [4.69, 9.17) is 4.74 Å². The zero-order valence-electron chi connectivity index (χ0n) is 40.3. The van der Waals surface area contributed by atoms with Gasteiger partial charge in [-0.05, 0) is 44.9 Å². The molecule has 0 aliphatic carbocycles. The van der Waals surface area contributed by atoms with Crippen molar-refractivity contribution in [2.45, 2.75) is 322 Å². The fraction of sp³-hybridized carbons (Fsp3) is 0.911. The molecule has 0 heterocycles. The van der Waals surface area contributed by atoms with Crippen molar-refractivity contribution >= 4 is 5.97 Å². The van der Waals surface area contributed by atoms with Crippen LogP contribution in [0.2, 0.25) is 0 Å². The Hall–Kier alpha value is -1.05. The summed E-state index contributed by atoms with van der Waals surface area (Å²) < 4.78 is 5.48. The zero-order valence-corrected chi connectivity index (χ0v) is 40.3. The Morgan fingerprint density at radius 2 is 0.534 bits per heavy atom. The molecule has 0 N–H and O–H groups in total. The first kappa shape index (κ1) is 57.0. The second-order valence-corrected chi connectivity index (χ2v) is 18.6. The molecule has 0 unspecified atom stereocenters. The van der Waals surface area contributed by atoms with Gasteiger partial charge in [0.25, 0.3) is 0 Å².